The molecule has 1 aliphatic rings. The molecule has 0 radical (unpaired) electrons. The van der Waals surface area contributed by atoms with Crippen molar-refractivity contribution in [2.24, 2.45) is 5.41 Å². The third-order valence-electron chi connectivity index (χ3n) is 3.36. The summed E-state index contributed by atoms with van der Waals surface area (Å²) in [6.07, 6.45) is 11.3. The Balaban J connectivity index is 2.58. The summed E-state index contributed by atoms with van der Waals surface area (Å²) in [5, 5.41) is 0. The number of carbonyl (C=O) groups is 1. The summed E-state index contributed by atoms with van der Waals surface area (Å²) in [7, 11) is 0. The molecule has 0 aliphatic heterocycles. The van der Waals surface area contributed by atoms with E-state index in [-0.39, 0.29) is 5.41 Å². The Morgan fingerprint density at radius 1 is 1.67 bits per heavy atom. The first-order chi connectivity index (χ1) is 7.12. The monoisotopic (exact) mass is 204 g/mol. The zero-order chi connectivity index (χ0) is 11.3. The molecule has 1 atom stereocenters. The fourth-order valence-electron chi connectivity index (χ4n) is 2.15. The molecule has 0 heterocycles. The fraction of sp³-hybridized carbons (Fsp3) is 0.500. The van der Waals surface area contributed by atoms with Crippen molar-refractivity contribution in [1.82, 2.24) is 0 Å². The quantitative estimate of drug-likeness (QED) is 0.491. The number of rotatable bonds is 5. The van der Waals surface area contributed by atoms with E-state index in [1.54, 1.807) is 0 Å². The van der Waals surface area contributed by atoms with Crippen LogP contribution in [0.2, 0.25) is 0 Å². The Hall–Kier alpha value is -1.11. The first kappa shape index (κ1) is 12.0. The molecule has 15 heavy (non-hydrogen) atoms. The van der Waals surface area contributed by atoms with Crippen molar-refractivity contribution in [1.29, 1.82) is 0 Å². The predicted molar refractivity (Wildman–Crippen MR) is 64.7 cm³/mol. The molecule has 0 aromatic heterocycles. The van der Waals surface area contributed by atoms with Crippen LogP contribution in [-0.4, -0.2) is 6.29 Å². The lowest BCUT2D eigenvalue weighted by Crippen LogP contribution is -2.16. The van der Waals surface area contributed by atoms with Crippen molar-refractivity contribution in [3.05, 3.63) is 36.0 Å². The Morgan fingerprint density at radius 3 is 3.00 bits per heavy atom. The summed E-state index contributed by atoms with van der Waals surface area (Å²) in [5.74, 6) is 0. The minimum absolute atomic E-state index is 0.109. The van der Waals surface area contributed by atoms with Crippen LogP contribution in [0.5, 0.6) is 0 Å². The van der Waals surface area contributed by atoms with Gasteiger partial charge in [0.05, 0.1) is 0 Å². The van der Waals surface area contributed by atoms with Gasteiger partial charge >= 0.3 is 0 Å². The summed E-state index contributed by atoms with van der Waals surface area (Å²) in [4.78, 5) is 10.9. The first-order valence-corrected chi connectivity index (χ1v) is 5.56. The van der Waals surface area contributed by atoms with Gasteiger partial charge in [0.1, 0.15) is 6.29 Å². The zero-order valence-electron chi connectivity index (χ0n) is 9.75. The first-order valence-electron chi connectivity index (χ1n) is 5.56. The van der Waals surface area contributed by atoms with Gasteiger partial charge in [-0.2, -0.15) is 0 Å². The van der Waals surface area contributed by atoms with Gasteiger partial charge in [0.25, 0.3) is 0 Å². The molecule has 0 fully saturated rings. The van der Waals surface area contributed by atoms with E-state index >= 15 is 0 Å². The smallest absolute Gasteiger partial charge is 0.146 e. The van der Waals surface area contributed by atoms with E-state index < -0.39 is 0 Å². The lowest BCUT2D eigenvalue weighted by Gasteiger charge is -2.25. The van der Waals surface area contributed by atoms with E-state index in [0.29, 0.717) is 0 Å². The molecule has 82 valence electrons. The maximum Gasteiger partial charge on any atom is 0.146 e. The molecule has 0 N–H and O–H groups in total. The number of carbonyl (C=O) groups excluding carboxylic acids is 1. The molecule has 0 bridgehead atoms. The lowest BCUT2D eigenvalue weighted by molar-refractivity contribution is -0.105. The predicted octanol–water partition coefficient (Wildman–Crippen LogP) is 3.82. The average Bonchev–Trinajstić information content (AvgIpc) is 2.58. The van der Waals surface area contributed by atoms with Crippen LogP contribution < -0.4 is 0 Å². The summed E-state index contributed by atoms with van der Waals surface area (Å²) < 4.78 is 0. The average molecular weight is 204 g/mol. The highest BCUT2D eigenvalue weighted by Crippen LogP contribution is 2.42. The van der Waals surface area contributed by atoms with Crippen LogP contribution in [0.25, 0.3) is 0 Å². The molecule has 1 aliphatic carbocycles. The number of hydrogen-bond donors (Lipinski definition) is 0. The largest absolute Gasteiger partial charge is 0.298 e. The van der Waals surface area contributed by atoms with Crippen LogP contribution in [-0.2, 0) is 4.79 Å². The van der Waals surface area contributed by atoms with E-state index in [4.69, 9.17) is 0 Å². The Morgan fingerprint density at radius 2 is 2.40 bits per heavy atom. The maximum absolute atomic E-state index is 10.9. The molecule has 1 heteroatoms. The van der Waals surface area contributed by atoms with E-state index in [9.17, 15) is 4.79 Å². The van der Waals surface area contributed by atoms with Gasteiger partial charge in [0, 0.05) is 0 Å². The zero-order valence-corrected chi connectivity index (χ0v) is 9.75. The number of allylic oxidation sites excluding steroid dienone is 5. The Bertz CT molecular complexity index is 309. The van der Waals surface area contributed by atoms with Crippen molar-refractivity contribution in [3.8, 4) is 0 Å². The van der Waals surface area contributed by atoms with E-state index in [1.165, 1.54) is 5.57 Å². The Kier molecular flexibility index (Phi) is 4.07. The third kappa shape index (κ3) is 2.92. The van der Waals surface area contributed by atoms with Gasteiger partial charge < -0.3 is 0 Å². The highest BCUT2D eigenvalue weighted by molar-refractivity contribution is 5.76. The van der Waals surface area contributed by atoms with Gasteiger partial charge in [0.2, 0.25) is 0 Å². The van der Waals surface area contributed by atoms with Crippen LogP contribution in [0.1, 0.15) is 39.5 Å². The molecular formula is C14H20O. The van der Waals surface area contributed by atoms with Crippen molar-refractivity contribution < 1.29 is 4.79 Å². The van der Waals surface area contributed by atoms with Crippen molar-refractivity contribution in [2.45, 2.75) is 39.5 Å². The molecule has 0 aromatic carbocycles. The lowest BCUT2D eigenvalue weighted by atomic mass is 9.79. The maximum atomic E-state index is 10.9. The van der Waals surface area contributed by atoms with Crippen molar-refractivity contribution in [3.63, 3.8) is 0 Å². The van der Waals surface area contributed by atoms with Crippen molar-refractivity contribution in [2.75, 3.05) is 0 Å². The summed E-state index contributed by atoms with van der Waals surface area (Å²) in [6, 6.07) is 0. The van der Waals surface area contributed by atoms with Gasteiger partial charge in [-0.1, -0.05) is 37.3 Å². The standard InChI is InChI=1S/C14H20O/c1-4-6-12(2)8-10-14(3)9-5-7-13(14)11-15/h4,6-7,11H,1,5,8-10H2,2-3H3/b12-6-. The van der Waals surface area contributed by atoms with Crippen molar-refractivity contribution >= 4 is 6.29 Å². The molecule has 1 nitrogen and oxygen atoms in total. The van der Waals surface area contributed by atoms with Crippen LogP contribution in [0.15, 0.2) is 36.0 Å². The summed E-state index contributed by atoms with van der Waals surface area (Å²) in [5.41, 5.74) is 2.44. The highest BCUT2D eigenvalue weighted by Gasteiger charge is 2.31. The van der Waals surface area contributed by atoms with Crippen LogP contribution in [0.3, 0.4) is 0 Å². The van der Waals surface area contributed by atoms with Crippen LogP contribution >= 0.6 is 0 Å². The van der Waals surface area contributed by atoms with E-state index in [1.807, 2.05) is 12.2 Å². The van der Waals surface area contributed by atoms with Crippen LogP contribution in [0.4, 0.5) is 0 Å². The Labute approximate surface area is 92.6 Å². The second-order valence-corrected chi connectivity index (χ2v) is 4.63. The van der Waals surface area contributed by atoms with E-state index in [2.05, 4.69) is 26.5 Å². The van der Waals surface area contributed by atoms with Gasteiger partial charge in [0.15, 0.2) is 0 Å². The van der Waals surface area contributed by atoms with Gasteiger partial charge in [-0.15, -0.1) is 0 Å². The number of aldehydes is 1. The van der Waals surface area contributed by atoms with Crippen LogP contribution in [0, 0.1) is 5.41 Å². The molecule has 1 unspecified atom stereocenters. The highest BCUT2D eigenvalue weighted by atomic mass is 16.1. The number of hydrogen-bond acceptors (Lipinski definition) is 1. The summed E-state index contributed by atoms with van der Waals surface area (Å²) >= 11 is 0. The SMILES string of the molecule is C=C/C=C(/C)CCC1(C)CCC=C1C=O. The third-order valence-corrected chi connectivity index (χ3v) is 3.36. The molecule has 0 aromatic rings. The molecule has 0 amide bonds. The minimum Gasteiger partial charge on any atom is -0.298 e. The molecule has 0 saturated heterocycles. The normalized spacial score (nSPS) is 26.3. The van der Waals surface area contributed by atoms with E-state index in [0.717, 1.165) is 37.5 Å². The van der Waals surface area contributed by atoms with Gasteiger partial charge in [-0.3, -0.25) is 4.79 Å². The molecular weight excluding hydrogens is 184 g/mol. The second-order valence-electron chi connectivity index (χ2n) is 4.63. The fourth-order valence-corrected chi connectivity index (χ4v) is 2.15. The van der Waals surface area contributed by atoms with Gasteiger partial charge in [-0.25, -0.2) is 0 Å². The van der Waals surface area contributed by atoms with Gasteiger partial charge in [-0.05, 0) is 43.6 Å². The minimum atomic E-state index is 0.109. The molecule has 0 saturated carbocycles. The molecule has 1 rings (SSSR count). The summed E-state index contributed by atoms with van der Waals surface area (Å²) in [6.45, 7) is 8.00. The topological polar surface area (TPSA) is 17.1 Å². The second kappa shape index (κ2) is 5.11. The molecule has 0 spiro atoms.